The van der Waals surface area contributed by atoms with Crippen LogP contribution < -0.4 is 5.32 Å². The first-order chi connectivity index (χ1) is 9.95. The Balaban J connectivity index is 2.07. The van der Waals surface area contributed by atoms with Gasteiger partial charge in [0, 0.05) is 6.04 Å². The maximum absolute atomic E-state index is 12.6. The van der Waals surface area contributed by atoms with Gasteiger partial charge >= 0.3 is 6.18 Å². The molecule has 2 rings (SSSR count). The van der Waals surface area contributed by atoms with Gasteiger partial charge < -0.3 is 5.32 Å². The van der Waals surface area contributed by atoms with E-state index in [1.165, 1.54) is 31.4 Å². The van der Waals surface area contributed by atoms with E-state index in [-0.39, 0.29) is 6.04 Å². The van der Waals surface area contributed by atoms with Crippen molar-refractivity contribution in [2.45, 2.75) is 51.2 Å². The first-order valence-corrected chi connectivity index (χ1v) is 7.80. The monoisotopic (exact) mass is 299 g/mol. The van der Waals surface area contributed by atoms with E-state index < -0.39 is 11.7 Å². The Kier molecular flexibility index (Phi) is 5.31. The zero-order chi connectivity index (χ0) is 15.5. The highest BCUT2D eigenvalue weighted by Gasteiger charge is 2.31. The molecule has 1 atom stereocenters. The lowest BCUT2D eigenvalue weighted by Gasteiger charge is -2.34. The van der Waals surface area contributed by atoms with Crippen molar-refractivity contribution in [3.8, 4) is 0 Å². The molecule has 0 aromatic heterocycles. The predicted molar refractivity (Wildman–Crippen MR) is 79.0 cm³/mol. The van der Waals surface area contributed by atoms with Crippen LogP contribution in [0.3, 0.4) is 0 Å². The molecule has 1 fully saturated rings. The van der Waals surface area contributed by atoms with Crippen LogP contribution in [0.2, 0.25) is 0 Å². The van der Waals surface area contributed by atoms with Crippen LogP contribution in [-0.4, -0.2) is 7.05 Å². The number of alkyl halides is 3. The molecule has 0 heterocycles. The van der Waals surface area contributed by atoms with Gasteiger partial charge in [0.1, 0.15) is 0 Å². The molecule has 1 aliphatic carbocycles. The number of halogens is 3. The van der Waals surface area contributed by atoms with E-state index in [2.05, 4.69) is 12.2 Å². The summed E-state index contributed by atoms with van der Waals surface area (Å²) in [6.45, 7) is 2.23. The number of rotatable bonds is 4. The molecule has 118 valence electrons. The highest BCUT2D eigenvalue weighted by molar-refractivity contribution is 5.27. The fraction of sp³-hybridized carbons (Fsp3) is 0.647. The van der Waals surface area contributed by atoms with E-state index >= 15 is 0 Å². The summed E-state index contributed by atoms with van der Waals surface area (Å²) in [5.41, 5.74) is 0.390. The van der Waals surface area contributed by atoms with E-state index in [1.807, 2.05) is 7.05 Å². The van der Waals surface area contributed by atoms with Crippen molar-refractivity contribution < 1.29 is 13.2 Å². The first-order valence-electron chi connectivity index (χ1n) is 7.80. The smallest absolute Gasteiger partial charge is 0.313 e. The van der Waals surface area contributed by atoms with Crippen molar-refractivity contribution in [1.82, 2.24) is 5.32 Å². The maximum atomic E-state index is 12.6. The summed E-state index contributed by atoms with van der Waals surface area (Å²) in [6.07, 6.45) is 1.76. The minimum atomic E-state index is -4.26. The van der Waals surface area contributed by atoms with Crippen LogP contribution in [0, 0.1) is 11.8 Å². The Labute approximate surface area is 124 Å². The van der Waals surface area contributed by atoms with E-state index in [9.17, 15) is 13.2 Å². The number of benzene rings is 1. The van der Waals surface area contributed by atoms with E-state index in [0.29, 0.717) is 5.92 Å². The molecule has 0 amide bonds. The minimum Gasteiger partial charge on any atom is -0.313 e. The number of hydrogen-bond donors (Lipinski definition) is 1. The van der Waals surface area contributed by atoms with Gasteiger partial charge in [0.15, 0.2) is 0 Å². The van der Waals surface area contributed by atoms with Crippen molar-refractivity contribution in [3.63, 3.8) is 0 Å². The molecule has 21 heavy (non-hydrogen) atoms. The highest BCUT2D eigenvalue weighted by atomic mass is 19.4. The summed E-state index contributed by atoms with van der Waals surface area (Å²) < 4.78 is 37.9. The Hall–Kier alpha value is -1.03. The molecule has 4 heteroatoms. The standard InChI is InChI=1S/C17H24F3N/c1-3-12-4-6-13(7-5-12)16(21-2)14-8-10-15(11-9-14)17(18,19)20/h8-13,16,21H,3-7H2,1-2H3. The topological polar surface area (TPSA) is 12.0 Å². The van der Waals surface area contributed by atoms with Gasteiger partial charge in [-0.05, 0) is 49.4 Å². The van der Waals surface area contributed by atoms with Gasteiger partial charge in [0.2, 0.25) is 0 Å². The van der Waals surface area contributed by atoms with Gasteiger partial charge in [-0.2, -0.15) is 13.2 Å². The van der Waals surface area contributed by atoms with Crippen molar-refractivity contribution in [3.05, 3.63) is 35.4 Å². The van der Waals surface area contributed by atoms with Gasteiger partial charge in [-0.15, -0.1) is 0 Å². The molecule has 1 unspecified atom stereocenters. The lowest BCUT2D eigenvalue weighted by Crippen LogP contribution is -2.28. The fourth-order valence-corrected chi connectivity index (χ4v) is 3.48. The van der Waals surface area contributed by atoms with Crippen LogP contribution in [0.15, 0.2) is 24.3 Å². The second kappa shape index (κ2) is 6.82. The van der Waals surface area contributed by atoms with Gasteiger partial charge in [0.25, 0.3) is 0 Å². The van der Waals surface area contributed by atoms with Gasteiger partial charge in [-0.1, -0.05) is 38.3 Å². The number of nitrogens with one attached hydrogen (secondary N) is 1. The molecular weight excluding hydrogens is 275 g/mol. The summed E-state index contributed by atoms with van der Waals surface area (Å²) in [6, 6.07) is 5.78. The molecule has 1 aromatic carbocycles. The lowest BCUT2D eigenvalue weighted by atomic mass is 9.76. The van der Waals surface area contributed by atoms with Gasteiger partial charge in [-0.25, -0.2) is 0 Å². The summed E-state index contributed by atoms with van der Waals surface area (Å²) in [5.74, 6) is 1.35. The largest absolute Gasteiger partial charge is 0.416 e. The molecule has 1 aromatic rings. The van der Waals surface area contributed by atoms with Crippen LogP contribution in [-0.2, 0) is 6.18 Å². The second-order valence-electron chi connectivity index (χ2n) is 6.08. The zero-order valence-electron chi connectivity index (χ0n) is 12.7. The van der Waals surface area contributed by atoms with Gasteiger partial charge in [0.05, 0.1) is 5.56 Å². The van der Waals surface area contributed by atoms with E-state index in [1.54, 1.807) is 12.1 Å². The molecule has 1 nitrogen and oxygen atoms in total. The molecule has 0 bridgehead atoms. The van der Waals surface area contributed by atoms with Gasteiger partial charge in [-0.3, -0.25) is 0 Å². The average Bonchev–Trinajstić information content (AvgIpc) is 2.48. The summed E-state index contributed by atoms with van der Waals surface area (Å²) in [4.78, 5) is 0. The van der Waals surface area contributed by atoms with Crippen molar-refractivity contribution >= 4 is 0 Å². The van der Waals surface area contributed by atoms with Crippen molar-refractivity contribution in [1.29, 1.82) is 0 Å². The van der Waals surface area contributed by atoms with Crippen molar-refractivity contribution in [2.75, 3.05) is 7.05 Å². The van der Waals surface area contributed by atoms with E-state index in [4.69, 9.17) is 0 Å². The predicted octanol–water partition coefficient (Wildman–Crippen LogP) is 5.18. The Bertz CT molecular complexity index is 430. The van der Waals surface area contributed by atoms with Crippen LogP contribution in [0.5, 0.6) is 0 Å². The molecule has 0 aliphatic heterocycles. The Morgan fingerprint density at radius 3 is 2.10 bits per heavy atom. The second-order valence-corrected chi connectivity index (χ2v) is 6.08. The quantitative estimate of drug-likeness (QED) is 0.807. The zero-order valence-corrected chi connectivity index (χ0v) is 12.7. The molecule has 0 spiro atoms. The maximum Gasteiger partial charge on any atom is 0.416 e. The third-order valence-corrected chi connectivity index (χ3v) is 4.85. The van der Waals surface area contributed by atoms with Crippen LogP contribution in [0.4, 0.5) is 13.2 Å². The molecule has 1 N–H and O–H groups in total. The highest BCUT2D eigenvalue weighted by Crippen LogP contribution is 2.38. The summed E-state index contributed by atoms with van der Waals surface area (Å²) in [7, 11) is 1.90. The average molecular weight is 299 g/mol. The normalized spacial score (nSPS) is 24.8. The Morgan fingerprint density at radius 1 is 1.10 bits per heavy atom. The molecule has 0 radical (unpaired) electrons. The van der Waals surface area contributed by atoms with Crippen LogP contribution in [0.1, 0.15) is 56.2 Å². The molecule has 0 saturated heterocycles. The van der Waals surface area contributed by atoms with Crippen LogP contribution >= 0.6 is 0 Å². The summed E-state index contributed by atoms with van der Waals surface area (Å²) >= 11 is 0. The Morgan fingerprint density at radius 2 is 1.67 bits per heavy atom. The third-order valence-electron chi connectivity index (χ3n) is 4.85. The fourth-order valence-electron chi connectivity index (χ4n) is 3.48. The third kappa shape index (κ3) is 4.00. The summed E-state index contributed by atoms with van der Waals surface area (Å²) in [5, 5.41) is 3.30. The minimum absolute atomic E-state index is 0.157. The molecule has 1 aliphatic rings. The van der Waals surface area contributed by atoms with Crippen molar-refractivity contribution in [2.24, 2.45) is 11.8 Å². The molecular formula is C17H24F3N. The first kappa shape index (κ1) is 16.3. The van der Waals surface area contributed by atoms with Crippen LogP contribution in [0.25, 0.3) is 0 Å². The molecule has 1 saturated carbocycles. The lowest BCUT2D eigenvalue weighted by molar-refractivity contribution is -0.137. The SMILES string of the molecule is CCC1CCC(C(NC)c2ccc(C(F)(F)F)cc2)CC1. The number of hydrogen-bond acceptors (Lipinski definition) is 1. The van der Waals surface area contributed by atoms with E-state index in [0.717, 1.165) is 24.3 Å².